The van der Waals surface area contributed by atoms with E-state index in [1.54, 1.807) is 4.90 Å². The molecule has 0 spiro atoms. The molecule has 2 N–H and O–H groups in total. The molecule has 0 unspecified atom stereocenters. The molecule has 2 rings (SSSR count). The van der Waals surface area contributed by atoms with Crippen molar-refractivity contribution in [3.63, 3.8) is 0 Å². The summed E-state index contributed by atoms with van der Waals surface area (Å²) in [4.78, 5) is 13.4. The molecule has 1 amide bonds. The van der Waals surface area contributed by atoms with Crippen LogP contribution in [0, 0.1) is 5.41 Å². The molecule has 2 aliphatic rings. The van der Waals surface area contributed by atoms with E-state index >= 15 is 0 Å². The maximum absolute atomic E-state index is 11.7. The number of hydrogen-bond acceptors (Lipinski definition) is 4. The molecule has 18 heavy (non-hydrogen) atoms. The molecule has 1 saturated carbocycles. The van der Waals surface area contributed by atoms with Crippen molar-refractivity contribution < 1.29 is 14.6 Å². The van der Waals surface area contributed by atoms with Gasteiger partial charge in [-0.1, -0.05) is 0 Å². The topological polar surface area (TPSA) is 61.8 Å². The molecule has 0 radical (unpaired) electrons. The summed E-state index contributed by atoms with van der Waals surface area (Å²) in [5, 5.41) is 12.6. The van der Waals surface area contributed by atoms with Crippen molar-refractivity contribution in [1.29, 1.82) is 0 Å². The zero-order valence-corrected chi connectivity index (χ0v) is 11.5. The second kappa shape index (κ2) is 4.70. The van der Waals surface area contributed by atoms with Crippen LogP contribution in [0.4, 0.5) is 4.79 Å². The summed E-state index contributed by atoms with van der Waals surface area (Å²) >= 11 is 0. The van der Waals surface area contributed by atoms with Crippen molar-refractivity contribution in [2.75, 3.05) is 26.2 Å². The van der Waals surface area contributed by atoms with Crippen LogP contribution in [0.2, 0.25) is 0 Å². The fraction of sp³-hybridized carbons (Fsp3) is 0.923. The molecule has 0 aromatic rings. The second-order valence-electron chi connectivity index (χ2n) is 6.62. The van der Waals surface area contributed by atoms with Crippen molar-refractivity contribution >= 4 is 6.09 Å². The van der Waals surface area contributed by atoms with Crippen LogP contribution in [-0.4, -0.2) is 54.0 Å². The van der Waals surface area contributed by atoms with E-state index in [1.807, 2.05) is 20.8 Å². The molecular formula is C13H24N2O3. The van der Waals surface area contributed by atoms with Gasteiger partial charge in [-0.25, -0.2) is 4.79 Å². The van der Waals surface area contributed by atoms with E-state index in [-0.39, 0.29) is 18.1 Å². The number of nitrogens with zero attached hydrogens (tertiary/aromatic N) is 1. The number of carbonyl (C=O) groups is 1. The minimum absolute atomic E-state index is 0.131. The highest BCUT2D eigenvalue weighted by Gasteiger charge is 2.43. The van der Waals surface area contributed by atoms with E-state index in [9.17, 15) is 9.90 Å². The third-order valence-corrected chi connectivity index (χ3v) is 3.59. The fourth-order valence-electron chi connectivity index (χ4n) is 2.01. The number of carbonyl (C=O) groups excluding carboxylic acids is 1. The molecule has 1 aliphatic heterocycles. The zero-order valence-electron chi connectivity index (χ0n) is 11.5. The number of nitrogens with one attached hydrogen (secondary N) is 1. The largest absolute Gasteiger partial charge is 0.444 e. The van der Waals surface area contributed by atoms with Gasteiger partial charge in [-0.15, -0.1) is 0 Å². The molecular weight excluding hydrogens is 232 g/mol. The molecule has 0 aromatic heterocycles. The molecule has 0 atom stereocenters. The van der Waals surface area contributed by atoms with E-state index < -0.39 is 5.60 Å². The van der Waals surface area contributed by atoms with Gasteiger partial charge < -0.3 is 20.1 Å². The van der Waals surface area contributed by atoms with Crippen LogP contribution in [0.25, 0.3) is 0 Å². The third kappa shape index (κ3) is 3.36. The highest BCUT2D eigenvalue weighted by atomic mass is 16.6. The zero-order chi connectivity index (χ0) is 13.4. The van der Waals surface area contributed by atoms with Crippen molar-refractivity contribution in [1.82, 2.24) is 10.2 Å². The number of hydrogen-bond donors (Lipinski definition) is 2. The lowest BCUT2D eigenvalue weighted by Gasteiger charge is -2.40. The molecule has 1 saturated heterocycles. The van der Waals surface area contributed by atoms with Crippen molar-refractivity contribution in [2.24, 2.45) is 5.41 Å². The van der Waals surface area contributed by atoms with Crippen molar-refractivity contribution in [3.05, 3.63) is 0 Å². The molecule has 104 valence electrons. The lowest BCUT2D eigenvalue weighted by molar-refractivity contribution is 0.00456. The van der Waals surface area contributed by atoms with E-state index in [2.05, 4.69) is 5.32 Å². The summed E-state index contributed by atoms with van der Waals surface area (Å²) in [5.41, 5.74) is -0.295. The Morgan fingerprint density at radius 3 is 2.50 bits per heavy atom. The first kappa shape index (κ1) is 13.6. The Bertz CT molecular complexity index is 315. The van der Waals surface area contributed by atoms with Crippen LogP contribution in [0.15, 0.2) is 0 Å². The van der Waals surface area contributed by atoms with Crippen LogP contribution >= 0.6 is 0 Å². The maximum Gasteiger partial charge on any atom is 0.410 e. The lowest BCUT2D eigenvalue weighted by atomic mass is 10.1. The van der Waals surface area contributed by atoms with Crippen molar-refractivity contribution in [3.8, 4) is 0 Å². The SMILES string of the molecule is CC(C)(C)OC(=O)N1CC(NCC2(CO)CC2)C1. The Kier molecular flexibility index (Phi) is 3.56. The molecule has 5 nitrogen and oxygen atoms in total. The quantitative estimate of drug-likeness (QED) is 0.787. The Balaban J connectivity index is 1.63. The monoisotopic (exact) mass is 256 g/mol. The first-order valence-corrected chi connectivity index (χ1v) is 6.66. The first-order valence-electron chi connectivity index (χ1n) is 6.66. The van der Waals surface area contributed by atoms with E-state index in [0.29, 0.717) is 19.1 Å². The number of amides is 1. The predicted molar refractivity (Wildman–Crippen MR) is 68.4 cm³/mol. The van der Waals surface area contributed by atoms with Gasteiger partial charge >= 0.3 is 6.09 Å². The summed E-state index contributed by atoms with van der Waals surface area (Å²) < 4.78 is 5.29. The van der Waals surface area contributed by atoms with Gasteiger partial charge in [0.25, 0.3) is 0 Å². The van der Waals surface area contributed by atoms with Gasteiger partial charge in [-0.05, 0) is 33.6 Å². The average Bonchev–Trinajstić information content (AvgIpc) is 2.93. The maximum atomic E-state index is 11.7. The van der Waals surface area contributed by atoms with Gasteiger partial charge in [0.05, 0.1) is 0 Å². The number of aliphatic hydroxyl groups excluding tert-OH is 1. The molecule has 5 heteroatoms. The smallest absolute Gasteiger partial charge is 0.410 e. The minimum atomic E-state index is -0.426. The molecule has 1 heterocycles. The van der Waals surface area contributed by atoms with E-state index in [1.165, 1.54) is 0 Å². The molecule has 0 bridgehead atoms. The third-order valence-electron chi connectivity index (χ3n) is 3.59. The average molecular weight is 256 g/mol. The van der Waals surface area contributed by atoms with Crippen LogP contribution in [0.3, 0.4) is 0 Å². The Morgan fingerprint density at radius 1 is 1.44 bits per heavy atom. The van der Waals surface area contributed by atoms with Gasteiger partial charge in [0, 0.05) is 37.7 Å². The normalized spacial score (nSPS) is 22.6. The summed E-state index contributed by atoms with van der Waals surface area (Å²) in [6.07, 6.45) is 1.99. The number of rotatable bonds is 4. The summed E-state index contributed by atoms with van der Waals surface area (Å²) in [5.74, 6) is 0. The van der Waals surface area contributed by atoms with Crippen LogP contribution < -0.4 is 5.32 Å². The van der Waals surface area contributed by atoms with E-state index in [4.69, 9.17) is 4.74 Å². The summed E-state index contributed by atoms with van der Waals surface area (Å²) in [6.45, 7) is 8.15. The van der Waals surface area contributed by atoms with Gasteiger partial charge in [0.1, 0.15) is 5.60 Å². The molecule has 0 aromatic carbocycles. The van der Waals surface area contributed by atoms with E-state index in [0.717, 1.165) is 19.4 Å². The Morgan fingerprint density at radius 2 is 2.06 bits per heavy atom. The van der Waals surface area contributed by atoms with Gasteiger partial charge in [-0.2, -0.15) is 0 Å². The van der Waals surface area contributed by atoms with Gasteiger partial charge in [0.15, 0.2) is 0 Å². The lowest BCUT2D eigenvalue weighted by Crippen LogP contribution is -2.61. The standard InChI is InChI=1S/C13H24N2O3/c1-12(2,3)18-11(17)15-6-10(7-15)14-8-13(9-16)4-5-13/h10,14,16H,4-9H2,1-3H3. The highest BCUT2D eigenvalue weighted by Crippen LogP contribution is 2.44. The Labute approximate surface area is 108 Å². The molecule has 1 aliphatic carbocycles. The minimum Gasteiger partial charge on any atom is -0.444 e. The second-order valence-corrected chi connectivity index (χ2v) is 6.62. The van der Waals surface area contributed by atoms with Crippen LogP contribution in [-0.2, 0) is 4.74 Å². The number of aliphatic hydroxyl groups is 1. The highest BCUT2D eigenvalue weighted by molar-refractivity contribution is 5.69. The Hall–Kier alpha value is -0.810. The van der Waals surface area contributed by atoms with Gasteiger partial charge in [0.2, 0.25) is 0 Å². The van der Waals surface area contributed by atoms with Crippen LogP contribution in [0.1, 0.15) is 33.6 Å². The van der Waals surface area contributed by atoms with Gasteiger partial charge in [-0.3, -0.25) is 0 Å². The summed E-state index contributed by atoms with van der Waals surface area (Å²) in [6, 6.07) is 0.349. The first-order chi connectivity index (χ1) is 8.34. The van der Waals surface area contributed by atoms with Crippen molar-refractivity contribution in [2.45, 2.75) is 45.3 Å². The number of ether oxygens (including phenoxy) is 1. The fourth-order valence-corrected chi connectivity index (χ4v) is 2.01. The molecule has 2 fully saturated rings. The summed E-state index contributed by atoms with van der Waals surface area (Å²) in [7, 11) is 0. The van der Waals surface area contributed by atoms with Crippen LogP contribution in [0.5, 0.6) is 0 Å². The number of likely N-dealkylation sites (tertiary alicyclic amines) is 1. The predicted octanol–water partition coefficient (Wildman–Crippen LogP) is 0.968.